The molecule has 0 saturated carbocycles. The highest BCUT2D eigenvalue weighted by atomic mass is 35.5. The minimum absolute atomic E-state index is 0. The molecular weight excluding hydrogens is 136 g/mol. The Bertz CT molecular complexity index is 60.1. The van der Waals surface area contributed by atoms with Crippen molar-refractivity contribution < 1.29 is 0 Å². The number of hydrogen-bond donors (Lipinski definition) is 2. The maximum Gasteiger partial charge on any atom is 0.00768 e. The maximum atomic E-state index is 3.33. The SMILES string of the molecule is CC1CNCCNC1.Cl. The molecular formula is C6H15ClN2. The van der Waals surface area contributed by atoms with Crippen LogP contribution < -0.4 is 10.6 Å². The van der Waals surface area contributed by atoms with Crippen molar-refractivity contribution in [3.63, 3.8) is 0 Å². The van der Waals surface area contributed by atoms with E-state index >= 15 is 0 Å². The summed E-state index contributed by atoms with van der Waals surface area (Å²) in [5.74, 6) is 0.803. The molecule has 0 unspecified atom stereocenters. The first-order valence-corrected chi connectivity index (χ1v) is 3.31. The van der Waals surface area contributed by atoms with E-state index in [1.54, 1.807) is 0 Å². The van der Waals surface area contributed by atoms with Gasteiger partial charge in [0.2, 0.25) is 0 Å². The average molecular weight is 151 g/mol. The molecule has 0 amide bonds. The maximum absolute atomic E-state index is 3.33. The standard InChI is InChI=1S/C6H14N2.ClH/c1-6-4-7-2-3-8-5-6;/h6-8H,2-5H2,1H3;1H. The van der Waals surface area contributed by atoms with Gasteiger partial charge in [0.25, 0.3) is 0 Å². The molecule has 0 spiro atoms. The van der Waals surface area contributed by atoms with Crippen LogP contribution in [0, 0.1) is 5.92 Å². The highest BCUT2D eigenvalue weighted by Gasteiger charge is 2.03. The van der Waals surface area contributed by atoms with E-state index in [1.807, 2.05) is 0 Å². The van der Waals surface area contributed by atoms with Crippen LogP contribution in [0.2, 0.25) is 0 Å². The van der Waals surface area contributed by atoms with Crippen LogP contribution in [0.15, 0.2) is 0 Å². The number of hydrogen-bond acceptors (Lipinski definition) is 2. The molecule has 0 aromatic carbocycles. The molecule has 0 atom stereocenters. The second-order valence-corrected chi connectivity index (χ2v) is 2.51. The van der Waals surface area contributed by atoms with Crippen molar-refractivity contribution >= 4 is 12.4 Å². The van der Waals surface area contributed by atoms with Crippen molar-refractivity contribution in [1.82, 2.24) is 10.6 Å². The third-order valence-electron chi connectivity index (χ3n) is 1.46. The lowest BCUT2D eigenvalue weighted by Gasteiger charge is -2.04. The van der Waals surface area contributed by atoms with Crippen LogP contribution >= 0.6 is 12.4 Å². The Balaban J connectivity index is 0.000000640. The van der Waals surface area contributed by atoms with E-state index in [0.29, 0.717) is 0 Å². The molecule has 2 N–H and O–H groups in total. The molecule has 0 aromatic rings. The molecule has 2 nitrogen and oxygen atoms in total. The van der Waals surface area contributed by atoms with Crippen molar-refractivity contribution in [2.24, 2.45) is 5.92 Å². The van der Waals surface area contributed by atoms with Crippen LogP contribution in [-0.2, 0) is 0 Å². The Morgan fingerprint density at radius 3 is 2.00 bits per heavy atom. The van der Waals surface area contributed by atoms with E-state index in [0.717, 1.165) is 19.0 Å². The lowest BCUT2D eigenvalue weighted by atomic mass is 10.2. The summed E-state index contributed by atoms with van der Waals surface area (Å²) >= 11 is 0. The van der Waals surface area contributed by atoms with Gasteiger partial charge in [0.15, 0.2) is 0 Å². The van der Waals surface area contributed by atoms with Crippen LogP contribution in [0.1, 0.15) is 6.92 Å². The summed E-state index contributed by atoms with van der Waals surface area (Å²) in [5, 5.41) is 6.67. The van der Waals surface area contributed by atoms with E-state index in [1.165, 1.54) is 13.1 Å². The van der Waals surface area contributed by atoms with Crippen LogP contribution in [-0.4, -0.2) is 26.2 Å². The first-order chi connectivity index (χ1) is 3.89. The van der Waals surface area contributed by atoms with Crippen LogP contribution in [0.5, 0.6) is 0 Å². The number of rotatable bonds is 0. The largest absolute Gasteiger partial charge is 0.315 e. The predicted molar refractivity (Wildman–Crippen MR) is 42.2 cm³/mol. The lowest BCUT2D eigenvalue weighted by molar-refractivity contribution is 0.545. The Kier molecular flexibility index (Phi) is 5.15. The molecule has 1 heterocycles. The Labute approximate surface area is 62.8 Å². The van der Waals surface area contributed by atoms with Gasteiger partial charge in [0.05, 0.1) is 0 Å². The zero-order valence-electron chi connectivity index (χ0n) is 5.81. The minimum atomic E-state index is 0. The van der Waals surface area contributed by atoms with E-state index in [4.69, 9.17) is 0 Å². The molecule has 1 aliphatic heterocycles. The zero-order valence-corrected chi connectivity index (χ0v) is 6.63. The third-order valence-corrected chi connectivity index (χ3v) is 1.46. The quantitative estimate of drug-likeness (QED) is 0.517. The molecule has 0 aromatic heterocycles. The first kappa shape index (κ1) is 9.21. The summed E-state index contributed by atoms with van der Waals surface area (Å²) < 4.78 is 0. The summed E-state index contributed by atoms with van der Waals surface area (Å²) in [6.45, 7) is 6.86. The third kappa shape index (κ3) is 3.73. The number of nitrogens with one attached hydrogen (secondary N) is 2. The fourth-order valence-electron chi connectivity index (χ4n) is 0.946. The molecule has 1 aliphatic rings. The summed E-state index contributed by atoms with van der Waals surface area (Å²) in [6, 6.07) is 0. The Morgan fingerprint density at radius 2 is 1.56 bits per heavy atom. The monoisotopic (exact) mass is 150 g/mol. The second kappa shape index (κ2) is 5.03. The molecule has 0 radical (unpaired) electrons. The zero-order chi connectivity index (χ0) is 5.82. The van der Waals surface area contributed by atoms with Crippen LogP contribution in [0.3, 0.4) is 0 Å². The van der Waals surface area contributed by atoms with E-state index in [2.05, 4.69) is 17.6 Å². The molecule has 3 heteroatoms. The van der Waals surface area contributed by atoms with Gasteiger partial charge >= 0.3 is 0 Å². The Morgan fingerprint density at radius 1 is 1.11 bits per heavy atom. The predicted octanol–water partition coefficient (Wildman–Crippen LogP) is 0.237. The topological polar surface area (TPSA) is 24.1 Å². The van der Waals surface area contributed by atoms with Crippen molar-refractivity contribution in [1.29, 1.82) is 0 Å². The average Bonchev–Trinajstić information content (AvgIpc) is 1.94. The molecule has 1 rings (SSSR count). The number of halogens is 1. The van der Waals surface area contributed by atoms with Gasteiger partial charge in [-0.1, -0.05) is 6.92 Å². The van der Waals surface area contributed by atoms with Gasteiger partial charge in [0, 0.05) is 13.1 Å². The van der Waals surface area contributed by atoms with E-state index in [-0.39, 0.29) is 12.4 Å². The smallest absolute Gasteiger partial charge is 0.00768 e. The molecule has 0 aliphatic carbocycles. The molecule has 9 heavy (non-hydrogen) atoms. The summed E-state index contributed by atoms with van der Waals surface area (Å²) in [5.41, 5.74) is 0. The first-order valence-electron chi connectivity index (χ1n) is 3.31. The van der Waals surface area contributed by atoms with E-state index in [9.17, 15) is 0 Å². The van der Waals surface area contributed by atoms with Gasteiger partial charge in [-0.25, -0.2) is 0 Å². The fraction of sp³-hybridized carbons (Fsp3) is 1.00. The molecule has 1 saturated heterocycles. The molecule has 0 bridgehead atoms. The van der Waals surface area contributed by atoms with Crippen molar-refractivity contribution in [2.75, 3.05) is 26.2 Å². The normalized spacial score (nSPS) is 22.3. The van der Waals surface area contributed by atoms with Crippen LogP contribution in [0.25, 0.3) is 0 Å². The second-order valence-electron chi connectivity index (χ2n) is 2.51. The highest BCUT2D eigenvalue weighted by molar-refractivity contribution is 5.85. The van der Waals surface area contributed by atoms with Gasteiger partial charge in [-0.05, 0) is 19.0 Å². The van der Waals surface area contributed by atoms with Gasteiger partial charge in [-0.2, -0.15) is 0 Å². The van der Waals surface area contributed by atoms with Crippen molar-refractivity contribution in [2.45, 2.75) is 6.92 Å². The van der Waals surface area contributed by atoms with E-state index < -0.39 is 0 Å². The van der Waals surface area contributed by atoms with Crippen molar-refractivity contribution in [3.8, 4) is 0 Å². The van der Waals surface area contributed by atoms with Gasteiger partial charge in [-0.15, -0.1) is 12.4 Å². The van der Waals surface area contributed by atoms with Gasteiger partial charge in [-0.3, -0.25) is 0 Å². The molecule has 1 fully saturated rings. The molecule has 56 valence electrons. The Hall–Kier alpha value is 0.210. The van der Waals surface area contributed by atoms with Gasteiger partial charge < -0.3 is 10.6 Å². The lowest BCUT2D eigenvalue weighted by Crippen LogP contribution is -2.21. The van der Waals surface area contributed by atoms with Gasteiger partial charge in [0.1, 0.15) is 0 Å². The minimum Gasteiger partial charge on any atom is -0.315 e. The van der Waals surface area contributed by atoms with Crippen LogP contribution in [0.4, 0.5) is 0 Å². The van der Waals surface area contributed by atoms with Crippen molar-refractivity contribution in [3.05, 3.63) is 0 Å². The summed E-state index contributed by atoms with van der Waals surface area (Å²) in [4.78, 5) is 0. The summed E-state index contributed by atoms with van der Waals surface area (Å²) in [7, 11) is 0. The highest BCUT2D eigenvalue weighted by Crippen LogP contribution is 1.90. The fourth-order valence-corrected chi connectivity index (χ4v) is 0.946. The summed E-state index contributed by atoms with van der Waals surface area (Å²) in [6.07, 6.45) is 0.